The third kappa shape index (κ3) is 3.30. The van der Waals surface area contributed by atoms with Crippen LogP contribution < -0.4 is 5.32 Å². The maximum absolute atomic E-state index is 4.21. The number of rotatable bonds is 5. The summed E-state index contributed by atoms with van der Waals surface area (Å²) in [4.78, 5) is 4.21. The van der Waals surface area contributed by atoms with Gasteiger partial charge in [-0.3, -0.25) is 4.98 Å². The summed E-state index contributed by atoms with van der Waals surface area (Å²) in [5.74, 6) is 0. The summed E-state index contributed by atoms with van der Waals surface area (Å²) in [5, 5.41) is 3.23. The van der Waals surface area contributed by atoms with Crippen LogP contribution >= 0.6 is 0 Å². The minimum Gasteiger partial charge on any atom is -0.313 e. The molecule has 2 heteroatoms. The van der Waals surface area contributed by atoms with Gasteiger partial charge in [-0.1, -0.05) is 12.1 Å². The Balaban J connectivity index is 2.20. The van der Waals surface area contributed by atoms with Gasteiger partial charge in [0.25, 0.3) is 0 Å². The summed E-state index contributed by atoms with van der Waals surface area (Å²) in [5.41, 5.74) is 1.13. The van der Waals surface area contributed by atoms with Crippen molar-refractivity contribution in [1.29, 1.82) is 0 Å². The van der Waals surface area contributed by atoms with Gasteiger partial charge < -0.3 is 5.32 Å². The maximum Gasteiger partial charge on any atom is 0.0416 e. The molecule has 0 aliphatic rings. The van der Waals surface area contributed by atoms with Crippen molar-refractivity contribution in [1.82, 2.24) is 10.3 Å². The normalized spacial score (nSPS) is 9.67. The molecule has 1 heterocycles. The highest BCUT2D eigenvalue weighted by atomic mass is 14.8. The van der Waals surface area contributed by atoms with E-state index < -0.39 is 0 Å². The topological polar surface area (TPSA) is 24.9 Å². The smallest absolute Gasteiger partial charge is 0.0416 e. The van der Waals surface area contributed by atoms with E-state index >= 15 is 0 Å². The van der Waals surface area contributed by atoms with E-state index in [1.807, 2.05) is 30.5 Å². The van der Waals surface area contributed by atoms with E-state index in [0.29, 0.717) is 0 Å². The molecule has 0 fully saturated rings. The molecular formula is C10H14N2. The average Bonchev–Trinajstić information content (AvgIpc) is 2.14. The first-order chi connectivity index (χ1) is 5.93. The zero-order valence-electron chi connectivity index (χ0n) is 7.16. The molecule has 0 atom stereocenters. The summed E-state index contributed by atoms with van der Waals surface area (Å²) in [6.07, 6.45) is 4.66. The Labute approximate surface area is 73.3 Å². The fourth-order valence-corrected chi connectivity index (χ4v) is 0.967. The Morgan fingerprint density at radius 3 is 3.08 bits per heavy atom. The van der Waals surface area contributed by atoms with E-state index in [9.17, 15) is 0 Å². The SMILES string of the molecule is C=CCNCCc1ccccn1. The van der Waals surface area contributed by atoms with E-state index in [1.54, 1.807) is 0 Å². The van der Waals surface area contributed by atoms with Gasteiger partial charge in [-0.15, -0.1) is 6.58 Å². The summed E-state index contributed by atoms with van der Waals surface area (Å²) >= 11 is 0. The van der Waals surface area contributed by atoms with Gasteiger partial charge in [-0.2, -0.15) is 0 Å². The minimum atomic E-state index is 0.868. The molecule has 1 rings (SSSR count). The van der Waals surface area contributed by atoms with Crippen LogP contribution in [-0.4, -0.2) is 18.1 Å². The summed E-state index contributed by atoms with van der Waals surface area (Å²) < 4.78 is 0. The molecule has 12 heavy (non-hydrogen) atoms. The molecule has 0 aliphatic heterocycles. The number of pyridine rings is 1. The van der Waals surface area contributed by atoms with Gasteiger partial charge >= 0.3 is 0 Å². The van der Waals surface area contributed by atoms with Crippen LogP contribution in [0, 0.1) is 0 Å². The highest BCUT2D eigenvalue weighted by Crippen LogP contribution is 1.92. The van der Waals surface area contributed by atoms with Gasteiger partial charge in [-0.25, -0.2) is 0 Å². The predicted octanol–water partition coefficient (Wildman–Crippen LogP) is 1.40. The van der Waals surface area contributed by atoms with Gasteiger partial charge in [0.05, 0.1) is 0 Å². The molecular weight excluding hydrogens is 148 g/mol. The lowest BCUT2D eigenvalue weighted by molar-refractivity contribution is 0.734. The molecule has 2 nitrogen and oxygen atoms in total. The van der Waals surface area contributed by atoms with Crippen LogP contribution in [-0.2, 0) is 6.42 Å². The van der Waals surface area contributed by atoms with Gasteiger partial charge in [-0.05, 0) is 12.1 Å². The monoisotopic (exact) mass is 162 g/mol. The molecule has 0 radical (unpaired) electrons. The van der Waals surface area contributed by atoms with Gasteiger partial charge in [0, 0.05) is 31.4 Å². The van der Waals surface area contributed by atoms with Crippen LogP contribution in [0.15, 0.2) is 37.1 Å². The fraction of sp³-hybridized carbons (Fsp3) is 0.300. The number of aromatic nitrogens is 1. The Kier molecular flexibility index (Phi) is 4.09. The lowest BCUT2D eigenvalue weighted by atomic mass is 10.3. The van der Waals surface area contributed by atoms with Crippen molar-refractivity contribution < 1.29 is 0 Å². The Hall–Kier alpha value is -1.15. The maximum atomic E-state index is 4.21. The van der Waals surface area contributed by atoms with Crippen LogP contribution in [0.1, 0.15) is 5.69 Å². The largest absolute Gasteiger partial charge is 0.313 e. The van der Waals surface area contributed by atoms with Crippen LogP contribution in [0.5, 0.6) is 0 Å². The van der Waals surface area contributed by atoms with Gasteiger partial charge in [0.15, 0.2) is 0 Å². The summed E-state index contributed by atoms with van der Waals surface area (Å²) in [6, 6.07) is 5.98. The fourth-order valence-electron chi connectivity index (χ4n) is 0.967. The minimum absolute atomic E-state index is 0.868. The third-order valence-corrected chi connectivity index (χ3v) is 1.57. The molecule has 0 spiro atoms. The molecule has 0 aromatic carbocycles. The molecule has 0 unspecified atom stereocenters. The average molecular weight is 162 g/mol. The molecule has 0 amide bonds. The van der Waals surface area contributed by atoms with E-state index in [0.717, 1.165) is 25.2 Å². The van der Waals surface area contributed by atoms with Crippen molar-refractivity contribution in [2.75, 3.05) is 13.1 Å². The number of hydrogen-bond donors (Lipinski definition) is 1. The van der Waals surface area contributed by atoms with Crippen molar-refractivity contribution in [3.8, 4) is 0 Å². The molecule has 1 aromatic rings. The third-order valence-electron chi connectivity index (χ3n) is 1.57. The van der Waals surface area contributed by atoms with Crippen molar-refractivity contribution in [2.24, 2.45) is 0 Å². The summed E-state index contributed by atoms with van der Waals surface area (Å²) in [7, 11) is 0. The highest BCUT2D eigenvalue weighted by Gasteiger charge is 1.90. The van der Waals surface area contributed by atoms with Gasteiger partial charge in [0.1, 0.15) is 0 Å². The standard InChI is InChI=1S/C10H14N2/c1-2-7-11-9-6-10-5-3-4-8-12-10/h2-5,8,11H,1,6-7,9H2. The second-order valence-electron chi connectivity index (χ2n) is 2.56. The van der Waals surface area contributed by atoms with E-state index in [4.69, 9.17) is 0 Å². The summed E-state index contributed by atoms with van der Waals surface area (Å²) in [6.45, 7) is 5.46. The lowest BCUT2D eigenvalue weighted by Gasteiger charge is -2.00. The van der Waals surface area contributed by atoms with Crippen molar-refractivity contribution >= 4 is 0 Å². The highest BCUT2D eigenvalue weighted by molar-refractivity contribution is 5.03. The molecule has 0 bridgehead atoms. The first-order valence-corrected chi connectivity index (χ1v) is 4.15. The zero-order chi connectivity index (χ0) is 8.65. The zero-order valence-corrected chi connectivity index (χ0v) is 7.16. The first-order valence-electron chi connectivity index (χ1n) is 4.15. The molecule has 64 valence electrons. The van der Waals surface area contributed by atoms with Crippen LogP contribution in [0.3, 0.4) is 0 Å². The van der Waals surface area contributed by atoms with Crippen molar-refractivity contribution in [3.63, 3.8) is 0 Å². The van der Waals surface area contributed by atoms with E-state index in [-0.39, 0.29) is 0 Å². The van der Waals surface area contributed by atoms with E-state index in [1.165, 1.54) is 0 Å². The molecule has 1 aromatic heterocycles. The second-order valence-corrected chi connectivity index (χ2v) is 2.56. The first kappa shape index (κ1) is 8.94. The Morgan fingerprint density at radius 1 is 1.50 bits per heavy atom. The van der Waals surface area contributed by atoms with Crippen molar-refractivity contribution in [3.05, 3.63) is 42.7 Å². The van der Waals surface area contributed by atoms with E-state index in [2.05, 4.69) is 16.9 Å². The second kappa shape index (κ2) is 5.49. The van der Waals surface area contributed by atoms with Crippen LogP contribution in [0.4, 0.5) is 0 Å². The lowest BCUT2D eigenvalue weighted by Crippen LogP contribution is -2.17. The molecule has 0 saturated carbocycles. The molecule has 1 N–H and O–H groups in total. The number of hydrogen-bond acceptors (Lipinski definition) is 2. The van der Waals surface area contributed by atoms with Crippen LogP contribution in [0.25, 0.3) is 0 Å². The Morgan fingerprint density at radius 2 is 2.42 bits per heavy atom. The quantitative estimate of drug-likeness (QED) is 0.523. The number of nitrogens with zero attached hydrogens (tertiary/aromatic N) is 1. The Bertz CT molecular complexity index is 219. The van der Waals surface area contributed by atoms with Crippen molar-refractivity contribution in [2.45, 2.75) is 6.42 Å². The van der Waals surface area contributed by atoms with Gasteiger partial charge in [0.2, 0.25) is 0 Å². The predicted molar refractivity (Wildman–Crippen MR) is 51.0 cm³/mol. The number of nitrogens with one attached hydrogen (secondary N) is 1. The molecule has 0 aliphatic carbocycles. The molecule has 0 saturated heterocycles. The van der Waals surface area contributed by atoms with Crippen LogP contribution in [0.2, 0.25) is 0 Å².